The maximum Gasteiger partial charge on any atom is 0.307 e. The standard InChI is InChI=1S/C13H17N3O4/c1-8-5-14-11(9(2)12(8)16(19)20)7-15-4-3-10(6-15)13(17)18/h5,10H,3-4,6-7H2,1-2H3,(H,17,18). The SMILES string of the molecule is Cc1cnc(CN2CCC(C(=O)O)C2)c(C)c1[N+](=O)[O-]. The number of carboxylic acid groups (broad SMARTS) is 1. The Hall–Kier alpha value is -2.02. The number of nitrogens with zero attached hydrogens (tertiary/aromatic N) is 3. The topological polar surface area (TPSA) is 96.6 Å². The Kier molecular flexibility index (Phi) is 3.99. The molecule has 1 unspecified atom stereocenters. The van der Waals surface area contributed by atoms with Crippen molar-refractivity contribution < 1.29 is 14.8 Å². The zero-order valence-corrected chi connectivity index (χ0v) is 11.5. The molecule has 1 aliphatic heterocycles. The fourth-order valence-electron chi connectivity index (χ4n) is 2.60. The molecule has 1 aliphatic rings. The number of aryl methyl sites for hydroxylation is 1. The van der Waals surface area contributed by atoms with Gasteiger partial charge in [-0.05, 0) is 26.8 Å². The minimum Gasteiger partial charge on any atom is -0.481 e. The largest absolute Gasteiger partial charge is 0.481 e. The van der Waals surface area contributed by atoms with Crippen LogP contribution in [0.1, 0.15) is 23.2 Å². The van der Waals surface area contributed by atoms with Gasteiger partial charge in [-0.15, -0.1) is 0 Å². The number of carboxylic acids is 1. The molecular weight excluding hydrogens is 262 g/mol. The summed E-state index contributed by atoms with van der Waals surface area (Å²) in [6, 6.07) is 0. The van der Waals surface area contributed by atoms with E-state index in [1.54, 1.807) is 13.8 Å². The second kappa shape index (κ2) is 5.54. The van der Waals surface area contributed by atoms with Crippen LogP contribution in [0.2, 0.25) is 0 Å². The molecule has 1 N–H and O–H groups in total. The van der Waals surface area contributed by atoms with Gasteiger partial charge in [0.05, 0.1) is 16.5 Å². The van der Waals surface area contributed by atoms with Gasteiger partial charge in [0.2, 0.25) is 0 Å². The van der Waals surface area contributed by atoms with Crippen LogP contribution in [0.4, 0.5) is 5.69 Å². The number of carbonyl (C=O) groups is 1. The number of likely N-dealkylation sites (tertiary alicyclic amines) is 1. The van der Waals surface area contributed by atoms with Gasteiger partial charge in [-0.3, -0.25) is 24.8 Å². The summed E-state index contributed by atoms with van der Waals surface area (Å²) in [4.78, 5) is 27.8. The number of aliphatic carboxylic acids is 1. The Morgan fingerprint density at radius 2 is 2.30 bits per heavy atom. The molecule has 1 aromatic rings. The lowest BCUT2D eigenvalue weighted by Crippen LogP contribution is -2.24. The summed E-state index contributed by atoms with van der Waals surface area (Å²) in [7, 11) is 0. The third-order valence-electron chi connectivity index (χ3n) is 3.75. The van der Waals surface area contributed by atoms with Crippen molar-refractivity contribution in [3.63, 3.8) is 0 Å². The van der Waals surface area contributed by atoms with Crippen LogP contribution in [0.15, 0.2) is 6.20 Å². The summed E-state index contributed by atoms with van der Waals surface area (Å²) in [5.74, 6) is -1.14. The predicted octanol–water partition coefficient (Wildman–Crippen LogP) is 1.51. The van der Waals surface area contributed by atoms with Crippen LogP contribution < -0.4 is 0 Å². The maximum atomic E-state index is 11.1. The molecule has 20 heavy (non-hydrogen) atoms. The molecule has 1 aromatic heterocycles. The maximum absolute atomic E-state index is 11.1. The monoisotopic (exact) mass is 279 g/mol. The highest BCUT2D eigenvalue weighted by atomic mass is 16.6. The third-order valence-corrected chi connectivity index (χ3v) is 3.75. The van der Waals surface area contributed by atoms with Crippen molar-refractivity contribution in [2.45, 2.75) is 26.8 Å². The Bertz CT molecular complexity index is 559. The molecule has 0 aromatic carbocycles. The lowest BCUT2D eigenvalue weighted by Gasteiger charge is -2.16. The minimum atomic E-state index is -0.785. The van der Waals surface area contributed by atoms with Crippen LogP contribution in [0, 0.1) is 29.9 Å². The second-order valence-electron chi connectivity index (χ2n) is 5.18. The normalized spacial score (nSPS) is 19.2. The Balaban J connectivity index is 2.17. The van der Waals surface area contributed by atoms with Gasteiger partial charge in [-0.2, -0.15) is 0 Å². The Morgan fingerprint density at radius 3 is 2.85 bits per heavy atom. The highest BCUT2D eigenvalue weighted by molar-refractivity contribution is 5.70. The lowest BCUT2D eigenvalue weighted by atomic mass is 10.1. The quantitative estimate of drug-likeness (QED) is 0.663. The van der Waals surface area contributed by atoms with Crippen molar-refractivity contribution in [2.75, 3.05) is 13.1 Å². The van der Waals surface area contributed by atoms with Gasteiger partial charge in [0, 0.05) is 30.4 Å². The zero-order chi connectivity index (χ0) is 14.9. The highest BCUT2D eigenvalue weighted by Crippen LogP contribution is 2.26. The number of rotatable bonds is 4. The smallest absolute Gasteiger partial charge is 0.307 e. The van der Waals surface area contributed by atoms with Crippen molar-refractivity contribution in [2.24, 2.45) is 5.92 Å². The third kappa shape index (κ3) is 2.77. The van der Waals surface area contributed by atoms with E-state index in [1.165, 1.54) is 6.20 Å². The number of hydrogen-bond donors (Lipinski definition) is 1. The first-order valence-corrected chi connectivity index (χ1v) is 6.44. The lowest BCUT2D eigenvalue weighted by molar-refractivity contribution is -0.386. The summed E-state index contributed by atoms with van der Waals surface area (Å²) in [6.07, 6.45) is 2.12. The van der Waals surface area contributed by atoms with E-state index in [-0.39, 0.29) is 16.5 Å². The summed E-state index contributed by atoms with van der Waals surface area (Å²) >= 11 is 0. The molecule has 0 saturated carbocycles. The van der Waals surface area contributed by atoms with Gasteiger partial charge < -0.3 is 5.11 Å². The Morgan fingerprint density at radius 1 is 1.60 bits per heavy atom. The van der Waals surface area contributed by atoms with Crippen LogP contribution in [0.3, 0.4) is 0 Å². The molecule has 108 valence electrons. The van der Waals surface area contributed by atoms with Crippen LogP contribution in [-0.2, 0) is 11.3 Å². The van der Waals surface area contributed by atoms with Crippen molar-refractivity contribution >= 4 is 11.7 Å². The molecule has 0 radical (unpaired) electrons. The van der Waals surface area contributed by atoms with E-state index in [1.807, 2.05) is 4.90 Å². The van der Waals surface area contributed by atoms with Crippen molar-refractivity contribution in [1.82, 2.24) is 9.88 Å². The fourth-order valence-corrected chi connectivity index (χ4v) is 2.60. The van der Waals surface area contributed by atoms with Crippen LogP contribution in [0.25, 0.3) is 0 Å². The molecule has 2 rings (SSSR count). The average Bonchev–Trinajstić information content (AvgIpc) is 2.81. The number of pyridine rings is 1. The molecule has 0 aliphatic carbocycles. The van der Waals surface area contributed by atoms with Gasteiger partial charge >= 0.3 is 5.97 Å². The van der Waals surface area contributed by atoms with E-state index in [2.05, 4.69) is 4.98 Å². The molecule has 0 spiro atoms. The van der Waals surface area contributed by atoms with E-state index < -0.39 is 5.97 Å². The van der Waals surface area contributed by atoms with Gasteiger partial charge in [0.15, 0.2) is 0 Å². The molecule has 2 heterocycles. The van der Waals surface area contributed by atoms with Crippen molar-refractivity contribution in [1.29, 1.82) is 0 Å². The van der Waals surface area contributed by atoms with Crippen LogP contribution in [-0.4, -0.2) is 39.0 Å². The molecule has 1 saturated heterocycles. The van der Waals surface area contributed by atoms with E-state index in [0.29, 0.717) is 42.9 Å². The Labute approximate surface area is 116 Å². The van der Waals surface area contributed by atoms with E-state index >= 15 is 0 Å². The van der Waals surface area contributed by atoms with Crippen LogP contribution in [0.5, 0.6) is 0 Å². The highest BCUT2D eigenvalue weighted by Gasteiger charge is 2.29. The molecule has 1 fully saturated rings. The van der Waals surface area contributed by atoms with Crippen molar-refractivity contribution in [3.05, 3.63) is 33.1 Å². The van der Waals surface area contributed by atoms with E-state index in [9.17, 15) is 14.9 Å². The fraction of sp³-hybridized carbons (Fsp3) is 0.538. The first-order valence-electron chi connectivity index (χ1n) is 6.44. The molecule has 1 atom stereocenters. The molecule has 7 nitrogen and oxygen atoms in total. The van der Waals surface area contributed by atoms with Crippen molar-refractivity contribution in [3.8, 4) is 0 Å². The van der Waals surface area contributed by atoms with E-state index in [4.69, 9.17) is 5.11 Å². The summed E-state index contributed by atoms with van der Waals surface area (Å²) < 4.78 is 0. The van der Waals surface area contributed by atoms with Crippen LogP contribution >= 0.6 is 0 Å². The minimum absolute atomic E-state index is 0.101. The second-order valence-corrected chi connectivity index (χ2v) is 5.18. The number of aromatic nitrogens is 1. The number of hydrogen-bond acceptors (Lipinski definition) is 5. The van der Waals surface area contributed by atoms with Gasteiger partial charge in [0.25, 0.3) is 5.69 Å². The predicted molar refractivity (Wildman–Crippen MR) is 71.4 cm³/mol. The van der Waals surface area contributed by atoms with E-state index in [0.717, 1.165) is 0 Å². The first-order chi connectivity index (χ1) is 9.40. The van der Waals surface area contributed by atoms with Gasteiger partial charge in [0.1, 0.15) is 0 Å². The van der Waals surface area contributed by atoms with Gasteiger partial charge in [-0.25, -0.2) is 0 Å². The summed E-state index contributed by atoms with van der Waals surface area (Å²) in [5, 5.41) is 20.0. The summed E-state index contributed by atoms with van der Waals surface area (Å²) in [6.45, 7) is 4.96. The molecular formula is C13H17N3O4. The number of nitro groups is 1. The average molecular weight is 279 g/mol. The molecule has 0 amide bonds. The summed E-state index contributed by atoms with van der Waals surface area (Å²) in [5.41, 5.74) is 1.85. The van der Waals surface area contributed by atoms with Gasteiger partial charge in [-0.1, -0.05) is 0 Å². The first kappa shape index (κ1) is 14.4. The molecule has 7 heteroatoms. The molecule has 0 bridgehead atoms. The zero-order valence-electron chi connectivity index (χ0n) is 11.5.